The molecular weight excluding hydrogens is 340 g/mol. The van der Waals surface area contributed by atoms with Crippen molar-refractivity contribution in [1.29, 1.82) is 0 Å². The van der Waals surface area contributed by atoms with E-state index in [1.807, 2.05) is 43.1 Å². The second-order valence-corrected chi connectivity index (χ2v) is 5.74. The molecule has 0 aliphatic heterocycles. The summed E-state index contributed by atoms with van der Waals surface area (Å²) in [5.74, 6) is 0.391. The van der Waals surface area contributed by atoms with Crippen LogP contribution in [0.5, 0.6) is 5.75 Å². The van der Waals surface area contributed by atoms with Crippen LogP contribution in [0.3, 0.4) is 0 Å². The van der Waals surface area contributed by atoms with Crippen LogP contribution in [0.25, 0.3) is 0 Å². The van der Waals surface area contributed by atoms with Gasteiger partial charge in [-0.1, -0.05) is 26.0 Å². The van der Waals surface area contributed by atoms with Crippen molar-refractivity contribution in [1.82, 2.24) is 20.6 Å². The number of ether oxygens (including phenoxy) is 1. The van der Waals surface area contributed by atoms with Gasteiger partial charge in [0.15, 0.2) is 0 Å². The summed E-state index contributed by atoms with van der Waals surface area (Å²) in [6.45, 7) is 4.42. The lowest BCUT2D eigenvalue weighted by Crippen LogP contribution is -2.31. The summed E-state index contributed by atoms with van der Waals surface area (Å²) in [5, 5.41) is 11.9. The first-order valence-corrected chi connectivity index (χ1v) is 7.92. The SMILES string of the molecule is CC(C)COc1ccccc1/C=N/NC(=O)CNc1n[nH]c(=O)[nH]c1=O. The summed E-state index contributed by atoms with van der Waals surface area (Å²) in [6, 6.07) is 7.32. The number of rotatable bonds is 8. The molecule has 0 unspecified atom stereocenters. The van der Waals surface area contributed by atoms with Gasteiger partial charge in [-0.2, -0.15) is 5.10 Å². The number of carbonyl (C=O) groups is 1. The Kier molecular flexibility index (Phi) is 6.66. The average molecular weight is 360 g/mol. The molecule has 1 heterocycles. The second-order valence-electron chi connectivity index (χ2n) is 5.74. The molecule has 0 fully saturated rings. The van der Waals surface area contributed by atoms with E-state index in [1.54, 1.807) is 0 Å². The van der Waals surface area contributed by atoms with Crippen LogP contribution in [0.1, 0.15) is 19.4 Å². The van der Waals surface area contributed by atoms with Crippen LogP contribution in [0.2, 0.25) is 0 Å². The number of benzene rings is 1. The van der Waals surface area contributed by atoms with Gasteiger partial charge in [0.25, 0.3) is 11.5 Å². The lowest BCUT2D eigenvalue weighted by Gasteiger charge is -2.10. The predicted octanol–water partition coefficient (Wildman–Crippen LogP) is 0.0552. The maximum Gasteiger partial charge on any atom is 0.342 e. The molecule has 0 bridgehead atoms. The van der Waals surface area contributed by atoms with Crippen LogP contribution in [0.15, 0.2) is 39.0 Å². The summed E-state index contributed by atoms with van der Waals surface area (Å²) in [6.07, 6.45) is 1.47. The quantitative estimate of drug-likeness (QED) is 0.387. The van der Waals surface area contributed by atoms with E-state index in [9.17, 15) is 14.4 Å². The van der Waals surface area contributed by atoms with Gasteiger partial charge in [-0.3, -0.25) is 14.6 Å². The molecule has 26 heavy (non-hydrogen) atoms. The van der Waals surface area contributed by atoms with Gasteiger partial charge in [0, 0.05) is 5.56 Å². The lowest BCUT2D eigenvalue weighted by molar-refractivity contribution is -0.119. The van der Waals surface area contributed by atoms with Crippen molar-refractivity contribution in [3.63, 3.8) is 0 Å². The third-order valence-electron chi connectivity index (χ3n) is 3.01. The van der Waals surface area contributed by atoms with Gasteiger partial charge in [-0.05, 0) is 18.1 Å². The summed E-state index contributed by atoms with van der Waals surface area (Å²) in [7, 11) is 0. The molecule has 2 rings (SSSR count). The molecule has 0 saturated carbocycles. The van der Waals surface area contributed by atoms with E-state index in [0.29, 0.717) is 18.3 Å². The fraction of sp³-hybridized carbons (Fsp3) is 0.312. The number of hydrogen-bond acceptors (Lipinski definition) is 7. The molecule has 0 spiro atoms. The van der Waals surface area contributed by atoms with Crippen LogP contribution < -0.4 is 26.7 Å². The van der Waals surface area contributed by atoms with Crippen molar-refractivity contribution in [3.8, 4) is 5.75 Å². The number of nitrogens with zero attached hydrogens (tertiary/aromatic N) is 2. The molecule has 138 valence electrons. The van der Waals surface area contributed by atoms with Gasteiger partial charge in [0.05, 0.1) is 19.4 Å². The maximum atomic E-state index is 11.8. The van der Waals surface area contributed by atoms with Crippen LogP contribution in [-0.4, -0.2) is 40.5 Å². The highest BCUT2D eigenvalue weighted by Crippen LogP contribution is 2.16. The van der Waals surface area contributed by atoms with E-state index < -0.39 is 17.2 Å². The number of H-pyrrole nitrogens is 2. The van der Waals surface area contributed by atoms with Crippen LogP contribution in [0, 0.1) is 5.92 Å². The van der Waals surface area contributed by atoms with Gasteiger partial charge in [-0.15, -0.1) is 5.10 Å². The highest BCUT2D eigenvalue weighted by Gasteiger charge is 2.05. The second kappa shape index (κ2) is 9.16. The smallest absolute Gasteiger partial charge is 0.342 e. The molecule has 0 radical (unpaired) electrons. The fourth-order valence-corrected chi connectivity index (χ4v) is 1.82. The van der Waals surface area contributed by atoms with Gasteiger partial charge < -0.3 is 10.1 Å². The van der Waals surface area contributed by atoms with E-state index in [1.165, 1.54) is 6.21 Å². The third-order valence-corrected chi connectivity index (χ3v) is 3.01. The molecule has 1 amide bonds. The Balaban J connectivity index is 1.89. The Morgan fingerprint density at radius 2 is 2.12 bits per heavy atom. The van der Waals surface area contributed by atoms with Gasteiger partial charge in [0.2, 0.25) is 5.82 Å². The predicted molar refractivity (Wildman–Crippen MR) is 96.5 cm³/mol. The standard InChI is InChI=1S/C16H20N6O4/c1-10(2)9-26-12-6-4-3-5-11(12)7-18-20-13(23)8-17-14-15(24)19-16(25)22-21-14/h3-7,10H,8-9H2,1-2H3,(H,17,21)(H,20,23)(H2,19,22,24,25)/b18-7+. The minimum Gasteiger partial charge on any atom is -0.493 e. The molecule has 10 nitrogen and oxygen atoms in total. The van der Waals surface area contributed by atoms with Gasteiger partial charge in [-0.25, -0.2) is 15.3 Å². The van der Waals surface area contributed by atoms with E-state index in [2.05, 4.69) is 26.0 Å². The summed E-state index contributed by atoms with van der Waals surface area (Å²) < 4.78 is 5.69. The first-order chi connectivity index (χ1) is 12.5. The summed E-state index contributed by atoms with van der Waals surface area (Å²) in [4.78, 5) is 36.0. The van der Waals surface area contributed by atoms with Crippen molar-refractivity contribution in [3.05, 3.63) is 50.7 Å². The molecular formula is C16H20N6O4. The molecule has 1 aromatic heterocycles. The summed E-state index contributed by atoms with van der Waals surface area (Å²) >= 11 is 0. The number of nitrogens with one attached hydrogen (secondary N) is 4. The Morgan fingerprint density at radius 1 is 1.35 bits per heavy atom. The number of hydrazone groups is 1. The van der Waals surface area contributed by atoms with Crippen molar-refractivity contribution < 1.29 is 9.53 Å². The Morgan fingerprint density at radius 3 is 2.85 bits per heavy atom. The molecule has 10 heteroatoms. The van der Waals surface area contributed by atoms with Crippen molar-refractivity contribution >= 4 is 17.9 Å². The minimum atomic E-state index is -0.729. The highest BCUT2D eigenvalue weighted by molar-refractivity contribution is 5.86. The fourth-order valence-electron chi connectivity index (χ4n) is 1.82. The van der Waals surface area contributed by atoms with Crippen molar-refractivity contribution in [2.45, 2.75) is 13.8 Å². The molecule has 0 aliphatic rings. The third kappa shape index (κ3) is 5.89. The Bertz CT molecular complexity index is 887. The minimum absolute atomic E-state index is 0.170. The average Bonchev–Trinajstić information content (AvgIpc) is 2.60. The molecule has 4 N–H and O–H groups in total. The molecule has 0 aliphatic carbocycles. The number of hydrogen-bond donors (Lipinski definition) is 4. The molecule has 0 saturated heterocycles. The van der Waals surface area contributed by atoms with E-state index in [-0.39, 0.29) is 12.4 Å². The monoisotopic (exact) mass is 360 g/mol. The number of para-hydroxylation sites is 1. The van der Waals surface area contributed by atoms with E-state index in [0.717, 1.165) is 5.56 Å². The number of aromatic amines is 2. The Hall–Kier alpha value is -3.43. The largest absolute Gasteiger partial charge is 0.493 e. The first-order valence-electron chi connectivity index (χ1n) is 7.92. The normalized spacial score (nSPS) is 10.9. The zero-order valence-electron chi connectivity index (χ0n) is 14.4. The number of carbonyl (C=O) groups excluding carboxylic acids is 1. The van der Waals surface area contributed by atoms with Crippen LogP contribution in [0.4, 0.5) is 5.82 Å². The molecule has 2 aromatic rings. The lowest BCUT2D eigenvalue weighted by atomic mass is 10.2. The van der Waals surface area contributed by atoms with Crippen molar-refractivity contribution in [2.24, 2.45) is 11.0 Å². The maximum absolute atomic E-state index is 11.8. The number of amides is 1. The molecule has 0 atom stereocenters. The first kappa shape index (κ1) is 18.9. The zero-order valence-corrected chi connectivity index (χ0v) is 14.4. The highest BCUT2D eigenvalue weighted by atomic mass is 16.5. The number of anilines is 1. The van der Waals surface area contributed by atoms with Gasteiger partial charge >= 0.3 is 5.69 Å². The van der Waals surface area contributed by atoms with E-state index in [4.69, 9.17) is 4.74 Å². The Labute approximate surface area is 148 Å². The van der Waals surface area contributed by atoms with Crippen LogP contribution in [-0.2, 0) is 4.79 Å². The molecule has 1 aromatic carbocycles. The topological polar surface area (TPSA) is 141 Å². The van der Waals surface area contributed by atoms with Crippen molar-refractivity contribution in [2.75, 3.05) is 18.5 Å². The van der Waals surface area contributed by atoms with Crippen LogP contribution >= 0.6 is 0 Å². The van der Waals surface area contributed by atoms with E-state index >= 15 is 0 Å². The zero-order chi connectivity index (χ0) is 18.9. The van der Waals surface area contributed by atoms with Gasteiger partial charge in [0.1, 0.15) is 5.75 Å². The summed E-state index contributed by atoms with van der Waals surface area (Å²) in [5.41, 5.74) is 1.60. The number of aromatic nitrogens is 3.